The summed E-state index contributed by atoms with van der Waals surface area (Å²) in [6, 6.07) is 11.9. The average Bonchev–Trinajstić information content (AvgIpc) is 2.94. The highest BCUT2D eigenvalue weighted by molar-refractivity contribution is 5.67. The molecular weight excluding hydrogens is 276 g/mol. The van der Waals surface area contributed by atoms with Crippen LogP contribution >= 0.6 is 0 Å². The highest BCUT2D eigenvalue weighted by Gasteiger charge is 2.05. The molecular formula is C18H20N2O2. The van der Waals surface area contributed by atoms with Crippen molar-refractivity contribution in [2.24, 2.45) is 0 Å². The minimum atomic E-state index is -0.778. The van der Waals surface area contributed by atoms with Crippen LogP contribution in [0.5, 0.6) is 0 Å². The van der Waals surface area contributed by atoms with Crippen LogP contribution in [0.3, 0.4) is 0 Å². The van der Waals surface area contributed by atoms with Crippen LogP contribution in [0.2, 0.25) is 0 Å². The predicted octanol–water partition coefficient (Wildman–Crippen LogP) is 2.41. The smallest absolute Gasteiger partial charge is 0.303 e. The van der Waals surface area contributed by atoms with Crippen LogP contribution in [0.25, 0.3) is 5.69 Å². The van der Waals surface area contributed by atoms with E-state index in [2.05, 4.69) is 11.8 Å². The first-order valence-electron chi connectivity index (χ1n) is 7.18. The van der Waals surface area contributed by atoms with E-state index in [1.165, 1.54) is 0 Å². The topological polar surface area (TPSA) is 45.5 Å². The minimum absolute atomic E-state index is 0.137. The molecule has 2 aromatic rings. The van der Waals surface area contributed by atoms with E-state index in [9.17, 15) is 4.79 Å². The average molecular weight is 296 g/mol. The first kappa shape index (κ1) is 15.9. The maximum atomic E-state index is 10.7. The Hall–Kier alpha value is -2.51. The number of benzene rings is 1. The van der Waals surface area contributed by atoms with Gasteiger partial charge >= 0.3 is 5.97 Å². The van der Waals surface area contributed by atoms with Crippen LogP contribution in [-0.4, -0.2) is 41.2 Å². The number of aromatic nitrogens is 1. The summed E-state index contributed by atoms with van der Waals surface area (Å²) in [4.78, 5) is 12.7. The van der Waals surface area contributed by atoms with Gasteiger partial charge in [0.1, 0.15) is 0 Å². The van der Waals surface area contributed by atoms with Gasteiger partial charge in [-0.05, 0) is 56.9 Å². The summed E-state index contributed by atoms with van der Waals surface area (Å²) < 4.78 is 2.01. The van der Waals surface area contributed by atoms with Gasteiger partial charge < -0.3 is 9.67 Å². The quantitative estimate of drug-likeness (QED) is 0.862. The van der Waals surface area contributed by atoms with Crippen molar-refractivity contribution in [3.05, 3.63) is 53.9 Å². The maximum Gasteiger partial charge on any atom is 0.303 e. The number of carbonyl (C=O) groups is 1. The second-order valence-electron chi connectivity index (χ2n) is 5.35. The van der Waals surface area contributed by atoms with E-state index in [1.807, 2.05) is 66.2 Å². The lowest BCUT2D eigenvalue weighted by atomic mass is 10.2. The zero-order valence-electron chi connectivity index (χ0n) is 12.9. The summed E-state index contributed by atoms with van der Waals surface area (Å²) in [5.41, 5.74) is 2.99. The molecule has 0 aliphatic heterocycles. The maximum absolute atomic E-state index is 10.7. The van der Waals surface area contributed by atoms with Gasteiger partial charge in [-0.15, -0.1) is 0 Å². The largest absolute Gasteiger partial charge is 0.481 e. The van der Waals surface area contributed by atoms with Crippen LogP contribution < -0.4 is 0 Å². The van der Waals surface area contributed by atoms with E-state index in [1.54, 1.807) is 0 Å². The lowest BCUT2D eigenvalue weighted by molar-refractivity contribution is -0.136. The van der Waals surface area contributed by atoms with Crippen molar-refractivity contribution in [3.63, 3.8) is 0 Å². The van der Waals surface area contributed by atoms with Gasteiger partial charge in [-0.1, -0.05) is 11.8 Å². The first-order valence-corrected chi connectivity index (χ1v) is 7.18. The van der Waals surface area contributed by atoms with E-state index in [0.29, 0.717) is 6.42 Å². The van der Waals surface area contributed by atoms with E-state index >= 15 is 0 Å². The number of hydrogen-bond acceptors (Lipinski definition) is 2. The molecule has 2 rings (SSSR count). The molecule has 1 aromatic carbocycles. The zero-order chi connectivity index (χ0) is 15.9. The highest BCUT2D eigenvalue weighted by Crippen LogP contribution is 2.15. The Kier molecular flexibility index (Phi) is 5.40. The van der Waals surface area contributed by atoms with Gasteiger partial charge in [-0.25, -0.2) is 0 Å². The second kappa shape index (κ2) is 7.48. The van der Waals surface area contributed by atoms with Gasteiger partial charge in [0.15, 0.2) is 0 Å². The number of rotatable bonds is 5. The van der Waals surface area contributed by atoms with Crippen molar-refractivity contribution in [2.45, 2.75) is 12.8 Å². The molecule has 0 amide bonds. The van der Waals surface area contributed by atoms with E-state index < -0.39 is 5.97 Å². The molecule has 0 saturated heterocycles. The number of aryl methyl sites for hydroxylation is 1. The van der Waals surface area contributed by atoms with Gasteiger partial charge in [-0.3, -0.25) is 9.69 Å². The monoisotopic (exact) mass is 296 g/mol. The van der Waals surface area contributed by atoms with E-state index in [0.717, 1.165) is 23.5 Å². The summed E-state index contributed by atoms with van der Waals surface area (Å²) in [6.45, 7) is 0.735. The number of carboxylic acids is 1. The fraction of sp³-hybridized carbons (Fsp3) is 0.278. The van der Waals surface area contributed by atoms with Crippen molar-refractivity contribution in [3.8, 4) is 17.5 Å². The third-order valence-corrected chi connectivity index (χ3v) is 3.20. The standard InChI is InChI=1S/C18H20N2O2/c1-19(2)13-3-5-15-7-9-17(10-8-15)20-14-4-6-16(20)11-12-18(21)22/h4,6-10,14H,11-13H2,1-2H3,(H,21,22). The lowest BCUT2D eigenvalue weighted by Gasteiger charge is -2.08. The van der Waals surface area contributed by atoms with E-state index in [4.69, 9.17) is 5.11 Å². The molecule has 0 aliphatic carbocycles. The molecule has 1 heterocycles. The third kappa shape index (κ3) is 4.51. The minimum Gasteiger partial charge on any atom is -0.481 e. The summed E-state index contributed by atoms with van der Waals surface area (Å²) >= 11 is 0. The highest BCUT2D eigenvalue weighted by atomic mass is 16.4. The zero-order valence-corrected chi connectivity index (χ0v) is 12.9. The van der Waals surface area contributed by atoms with Gasteiger partial charge in [-0.2, -0.15) is 0 Å². The molecule has 0 saturated carbocycles. The van der Waals surface area contributed by atoms with Crippen molar-refractivity contribution < 1.29 is 9.90 Å². The van der Waals surface area contributed by atoms with Crippen LogP contribution in [-0.2, 0) is 11.2 Å². The van der Waals surface area contributed by atoms with Gasteiger partial charge in [0.25, 0.3) is 0 Å². The Balaban J connectivity index is 2.12. The fourth-order valence-electron chi connectivity index (χ4n) is 2.11. The second-order valence-corrected chi connectivity index (χ2v) is 5.35. The Bertz CT molecular complexity index is 688. The van der Waals surface area contributed by atoms with E-state index in [-0.39, 0.29) is 6.42 Å². The van der Waals surface area contributed by atoms with Gasteiger partial charge in [0.2, 0.25) is 0 Å². The Morgan fingerprint density at radius 1 is 1.23 bits per heavy atom. The van der Waals surface area contributed by atoms with Crippen molar-refractivity contribution in [1.29, 1.82) is 0 Å². The molecule has 22 heavy (non-hydrogen) atoms. The Morgan fingerprint density at radius 3 is 2.59 bits per heavy atom. The number of hydrogen-bond donors (Lipinski definition) is 1. The van der Waals surface area contributed by atoms with Gasteiger partial charge in [0.05, 0.1) is 13.0 Å². The summed E-state index contributed by atoms with van der Waals surface area (Å²) in [5, 5.41) is 8.80. The van der Waals surface area contributed by atoms with Gasteiger partial charge in [0, 0.05) is 23.1 Å². The SMILES string of the molecule is CN(C)CC#Cc1ccc(-n2cccc2CCC(=O)O)cc1. The Morgan fingerprint density at radius 2 is 1.95 bits per heavy atom. The molecule has 1 N–H and O–H groups in total. The van der Waals surface area contributed by atoms with Crippen molar-refractivity contribution in [2.75, 3.05) is 20.6 Å². The number of aliphatic carboxylic acids is 1. The predicted molar refractivity (Wildman–Crippen MR) is 87.2 cm³/mol. The molecule has 0 spiro atoms. The first-order chi connectivity index (χ1) is 10.6. The molecule has 0 bridgehead atoms. The molecule has 0 radical (unpaired) electrons. The van der Waals surface area contributed by atoms with Crippen LogP contribution in [0, 0.1) is 11.8 Å². The summed E-state index contributed by atoms with van der Waals surface area (Å²) in [6.07, 6.45) is 2.61. The fourth-order valence-corrected chi connectivity index (χ4v) is 2.11. The number of carboxylic acid groups (broad SMARTS) is 1. The van der Waals surface area contributed by atoms with Crippen LogP contribution in [0.4, 0.5) is 0 Å². The Labute approximate surface area is 131 Å². The third-order valence-electron chi connectivity index (χ3n) is 3.20. The normalized spacial score (nSPS) is 10.3. The molecule has 4 nitrogen and oxygen atoms in total. The van der Waals surface area contributed by atoms with Crippen molar-refractivity contribution in [1.82, 2.24) is 9.47 Å². The van der Waals surface area contributed by atoms with Crippen LogP contribution in [0.1, 0.15) is 17.7 Å². The molecule has 4 heteroatoms. The molecule has 0 fully saturated rings. The molecule has 1 aromatic heterocycles. The molecule has 114 valence electrons. The lowest BCUT2D eigenvalue weighted by Crippen LogP contribution is -2.10. The molecule has 0 unspecified atom stereocenters. The summed E-state index contributed by atoms with van der Waals surface area (Å²) in [7, 11) is 3.98. The van der Waals surface area contributed by atoms with Crippen LogP contribution in [0.15, 0.2) is 42.6 Å². The number of nitrogens with zero attached hydrogens (tertiary/aromatic N) is 2. The molecule has 0 atom stereocenters. The summed E-state index contributed by atoms with van der Waals surface area (Å²) in [5.74, 6) is 5.45. The van der Waals surface area contributed by atoms with Crippen molar-refractivity contribution >= 4 is 5.97 Å². The molecule has 0 aliphatic rings.